The van der Waals surface area contributed by atoms with E-state index in [1.807, 2.05) is 24.3 Å². The molecule has 4 rings (SSSR count). The lowest BCUT2D eigenvalue weighted by molar-refractivity contribution is 0.224. The van der Waals surface area contributed by atoms with Crippen LogP contribution < -0.4 is 5.43 Å². The van der Waals surface area contributed by atoms with E-state index in [9.17, 15) is 9.18 Å². The molecule has 0 saturated carbocycles. The Labute approximate surface area is 153 Å². The first kappa shape index (κ1) is 17.2. The fraction of sp³-hybridized carbons (Fsp3) is 0.409. The van der Waals surface area contributed by atoms with Gasteiger partial charge in [0.15, 0.2) is 5.43 Å². The second-order valence-electron chi connectivity index (χ2n) is 7.27. The van der Waals surface area contributed by atoms with Gasteiger partial charge in [0.25, 0.3) is 0 Å². The lowest BCUT2D eigenvalue weighted by atomic mass is 10.1. The maximum Gasteiger partial charge on any atom is 0.197 e. The lowest BCUT2D eigenvalue weighted by Crippen LogP contribution is -2.30. The van der Waals surface area contributed by atoms with Crippen molar-refractivity contribution in [3.8, 4) is 0 Å². The van der Waals surface area contributed by atoms with Crippen LogP contribution in [-0.4, -0.2) is 29.1 Å². The largest absolute Gasteiger partial charge is 0.340 e. The van der Waals surface area contributed by atoms with Gasteiger partial charge in [-0.15, -0.1) is 0 Å². The second kappa shape index (κ2) is 7.58. The van der Waals surface area contributed by atoms with Gasteiger partial charge in [-0.2, -0.15) is 0 Å². The van der Waals surface area contributed by atoms with Gasteiger partial charge in [0.2, 0.25) is 0 Å². The van der Waals surface area contributed by atoms with Gasteiger partial charge in [-0.3, -0.25) is 4.79 Å². The van der Waals surface area contributed by atoms with E-state index in [1.165, 1.54) is 44.5 Å². The molecular formula is C22H25FN2O. The van der Waals surface area contributed by atoms with Gasteiger partial charge in [-0.1, -0.05) is 18.6 Å². The van der Waals surface area contributed by atoms with Crippen molar-refractivity contribution in [1.29, 1.82) is 0 Å². The molecule has 1 aromatic heterocycles. The molecule has 0 bridgehead atoms. The molecule has 3 aromatic rings. The SMILES string of the molecule is O=c1c2ccccc2n(CCCCN2CCCCC2)c2ccc(F)cc12. The molecular weight excluding hydrogens is 327 g/mol. The summed E-state index contributed by atoms with van der Waals surface area (Å²) in [4.78, 5) is 15.3. The molecule has 1 fully saturated rings. The number of benzene rings is 2. The van der Waals surface area contributed by atoms with Crippen LogP contribution in [-0.2, 0) is 6.54 Å². The second-order valence-corrected chi connectivity index (χ2v) is 7.27. The average molecular weight is 352 g/mol. The molecule has 1 aliphatic rings. The van der Waals surface area contributed by atoms with Gasteiger partial charge in [0.05, 0.1) is 11.0 Å². The van der Waals surface area contributed by atoms with Crippen molar-refractivity contribution < 1.29 is 4.39 Å². The highest BCUT2D eigenvalue weighted by Crippen LogP contribution is 2.21. The van der Waals surface area contributed by atoms with E-state index in [-0.39, 0.29) is 11.2 Å². The lowest BCUT2D eigenvalue weighted by Gasteiger charge is -2.26. The monoisotopic (exact) mass is 352 g/mol. The summed E-state index contributed by atoms with van der Waals surface area (Å²) in [6.07, 6.45) is 6.20. The van der Waals surface area contributed by atoms with Crippen LogP contribution in [0, 0.1) is 5.82 Å². The standard InChI is InChI=1S/C22H25FN2O/c23-17-10-11-21-19(16-17)22(26)18-8-2-3-9-20(18)25(21)15-7-6-14-24-12-4-1-5-13-24/h2-3,8-11,16H,1,4-7,12-15H2. The number of hydrogen-bond donors (Lipinski definition) is 0. The molecule has 136 valence electrons. The smallest absolute Gasteiger partial charge is 0.197 e. The predicted octanol–water partition coefficient (Wildman–Crippen LogP) is 4.56. The van der Waals surface area contributed by atoms with Crippen LogP contribution in [0.2, 0.25) is 0 Å². The summed E-state index contributed by atoms with van der Waals surface area (Å²) >= 11 is 0. The zero-order valence-electron chi connectivity index (χ0n) is 15.1. The number of likely N-dealkylation sites (tertiary alicyclic amines) is 1. The topological polar surface area (TPSA) is 25.2 Å². The molecule has 0 atom stereocenters. The Kier molecular flexibility index (Phi) is 5.02. The van der Waals surface area contributed by atoms with E-state index < -0.39 is 0 Å². The third-order valence-electron chi connectivity index (χ3n) is 5.49. The minimum absolute atomic E-state index is 0.0836. The summed E-state index contributed by atoms with van der Waals surface area (Å²) in [7, 11) is 0. The average Bonchev–Trinajstić information content (AvgIpc) is 2.68. The number of para-hydroxylation sites is 1. The summed E-state index contributed by atoms with van der Waals surface area (Å²) in [5, 5.41) is 1.14. The van der Waals surface area contributed by atoms with E-state index in [1.54, 1.807) is 6.07 Å². The van der Waals surface area contributed by atoms with E-state index in [0.717, 1.165) is 37.0 Å². The summed E-state index contributed by atoms with van der Waals surface area (Å²) in [6.45, 7) is 4.44. The van der Waals surface area contributed by atoms with E-state index in [4.69, 9.17) is 0 Å². The number of nitrogens with zero attached hydrogens (tertiary/aromatic N) is 2. The Morgan fingerprint density at radius 3 is 2.42 bits per heavy atom. The zero-order valence-corrected chi connectivity index (χ0v) is 15.1. The molecule has 2 aromatic carbocycles. The van der Waals surface area contributed by atoms with Crippen molar-refractivity contribution in [3.05, 3.63) is 58.5 Å². The predicted molar refractivity (Wildman–Crippen MR) is 105 cm³/mol. The van der Waals surface area contributed by atoms with Crippen LogP contribution >= 0.6 is 0 Å². The van der Waals surface area contributed by atoms with Gasteiger partial charge >= 0.3 is 0 Å². The van der Waals surface area contributed by atoms with Gasteiger partial charge < -0.3 is 9.47 Å². The Bertz CT molecular complexity index is 973. The van der Waals surface area contributed by atoms with Crippen molar-refractivity contribution in [2.24, 2.45) is 0 Å². The van der Waals surface area contributed by atoms with E-state index >= 15 is 0 Å². The Hall–Kier alpha value is -2.20. The molecule has 1 aliphatic heterocycles. The summed E-state index contributed by atoms with van der Waals surface area (Å²) in [5.74, 6) is -0.360. The molecule has 26 heavy (non-hydrogen) atoms. The molecule has 0 spiro atoms. The molecule has 2 heterocycles. The normalized spacial score (nSPS) is 15.7. The van der Waals surface area contributed by atoms with E-state index in [2.05, 4.69) is 9.47 Å². The third-order valence-corrected chi connectivity index (χ3v) is 5.49. The molecule has 3 nitrogen and oxygen atoms in total. The first-order chi connectivity index (χ1) is 12.7. The number of hydrogen-bond acceptors (Lipinski definition) is 2. The molecule has 4 heteroatoms. The van der Waals surface area contributed by atoms with Crippen LogP contribution in [0.15, 0.2) is 47.3 Å². The highest BCUT2D eigenvalue weighted by molar-refractivity contribution is 5.93. The van der Waals surface area contributed by atoms with Crippen LogP contribution in [0.3, 0.4) is 0 Å². The minimum Gasteiger partial charge on any atom is -0.340 e. The maximum atomic E-state index is 13.7. The van der Waals surface area contributed by atoms with Gasteiger partial charge in [-0.05, 0) is 75.6 Å². The fourth-order valence-corrected chi connectivity index (χ4v) is 4.13. The summed E-state index contributed by atoms with van der Waals surface area (Å²) in [5.41, 5.74) is 1.68. The molecule has 0 radical (unpaired) electrons. The number of piperidine rings is 1. The number of fused-ring (bicyclic) bond motifs is 2. The summed E-state index contributed by atoms with van der Waals surface area (Å²) in [6, 6.07) is 12.2. The van der Waals surface area contributed by atoms with Crippen molar-refractivity contribution in [1.82, 2.24) is 9.47 Å². The fourth-order valence-electron chi connectivity index (χ4n) is 4.13. The number of aryl methyl sites for hydroxylation is 1. The first-order valence-electron chi connectivity index (χ1n) is 9.67. The van der Waals surface area contributed by atoms with Crippen molar-refractivity contribution >= 4 is 21.8 Å². The third kappa shape index (κ3) is 3.38. The molecule has 1 saturated heterocycles. The first-order valence-corrected chi connectivity index (χ1v) is 9.67. The van der Waals surface area contributed by atoms with Crippen LogP contribution in [0.25, 0.3) is 21.8 Å². The van der Waals surface area contributed by atoms with Gasteiger partial charge in [0, 0.05) is 17.3 Å². The number of aromatic nitrogens is 1. The van der Waals surface area contributed by atoms with Crippen molar-refractivity contribution in [2.75, 3.05) is 19.6 Å². The van der Waals surface area contributed by atoms with E-state index in [0.29, 0.717) is 10.8 Å². The Balaban J connectivity index is 1.62. The maximum absolute atomic E-state index is 13.7. The van der Waals surface area contributed by atoms with Gasteiger partial charge in [-0.25, -0.2) is 4.39 Å². The zero-order chi connectivity index (χ0) is 17.9. The Morgan fingerprint density at radius 1 is 0.846 bits per heavy atom. The minimum atomic E-state index is -0.360. The highest BCUT2D eigenvalue weighted by Gasteiger charge is 2.12. The number of pyridine rings is 1. The molecule has 0 unspecified atom stereocenters. The number of unbranched alkanes of at least 4 members (excludes halogenated alkanes) is 1. The van der Waals surface area contributed by atoms with Crippen LogP contribution in [0.1, 0.15) is 32.1 Å². The van der Waals surface area contributed by atoms with Crippen molar-refractivity contribution in [3.63, 3.8) is 0 Å². The molecule has 0 aliphatic carbocycles. The quantitative estimate of drug-likeness (QED) is 0.497. The molecule has 0 N–H and O–H groups in total. The van der Waals surface area contributed by atoms with Crippen LogP contribution in [0.5, 0.6) is 0 Å². The van der Waals surface area contributed by atoms with Crippen molar-refractivity contribution in [2.45, 2.75) is 38.6 Å². The molecule has 0 amide bonds. The summed E-state index contributed by atoms with van der Waals surface area (Å²) < 4.78 is 15.9. The van der Waals surface area contributed by atoms with Gasteiger partial charge in [0.1, 0.15) is 5.82 Å². The number of halogens is 1. The Morgan fingerprint density at radius 2 is 1.58 bits per heavy atom. The van der Waals surface area contributed by atoms with Crippen LogP contribution in [0.4, 0.5) is 4.39 Å². The highest BCUT2D eigenvalue weighted by atomic mass is 19.1. The number of rotatable bonds is 5.